The van der Waals surface area contributed by atoms with Crippen molar-refractivity contribution >= 4 is 5.69 Å². The van der Waals surface area contributed by atoms with Gasteiger partial charge in [0.25, 0.3) is 0 Å². The zero-order valence-electron chi connectivity index (χ0n) is 11.2. The van der Waals surface area contributed by atoms with Crippen LogP contribution in [-0.4, -0.2) is 43.0 Å². The van der Waals surface area contributed by atoms with Crippen LogP contribution in [0.5, 0.6) is 0 Å². The normalized spacial score (nSPS) is 18.4. The number of nitrogen functional groups attached to an aromatic ring is 1. The zero-order chi connectivity index (χ0) is 13.1. The van der Waals surface area contributed by atoms with Gasteiger partial charge in [0, 0.05) is 18.2 Å². The molecular weight excluding hydrogens is 229 g/mol. The molecule has 1 fully saturated rings. The molecular formula is C14H22FN3. The number of halogens is 1. The van der Waals surface area contributed by atoms with Gasteiger partial charge in [0.15, 0.2) is 5.82 Å². The molecule has 2 N–H and O–H groups in total. The maximum Gasteiger partial charge on any atom is 0.150 e. The van der Waals surface area contributed by atoms with E-state index < -0.39 is 0 Å². The van der Waals surface area contributed by atoms with E-state index in [4.69, 9.17) is 5.73 Å². The summed E-state index contributed by atoms with van der Waals surface area (Å²) in [7, 11) is 4.21. The Kier molecular flexibility index (Phi) is 4.19. The monoisotopic (exact) mass is 251 g/mol. The lowest BCUT2D eigenvalue weighted by Gasteiger charge is -2.35. The van der Waals surface area contributed by atoms with Gasteiger partial charge in [-0.25, -0.2) is 4.39 Å². The number of anilines is 1. The van der Waals surface area contributed by atoms with Crippen LogP contribution >= 0.6 is 0 Å². The summed E-state index contributed by atoms with van der Waals surface area (Å²) < 4.78 is 13.8. The second kappa shape index (κ2) is 5.67. The van der Waals surface area contributed by atoms with Crippen molar-refractivity contribution in [3.05, 3.63) is 29.6 Å². The minimum Gasteiger partial charge on any atom is -0.396 e. The van der Waals surface area contributed by atoms with Crippen LogP contribution in [0, 0.1) is 5.82 Å². The second-order valence-corrected chi connectivity index (χ2v) is 5.27. The second-order valence-electron chi connectivity index (χ2n) is 5.27. The number of piperidine rings is 1. The van der Waals surface area contributed by atoms with Crippen molar-refractivity contribution in [2.24, 2.45) is 0 Å². The maximum atomic E-state index is 13.8. The predicted molar refractivity (Wildman–Crippen MR) is 72.8 cm³/mol. The molecule has 1 aliphatic heterocycles. The molecule has 18 heavy (non-hydrogen) atoms. The van der Waals surface area contributed by atoms with Gasteiger partial charge in [-0.05, 0) is 46.1 Å². The highest BCUT2D eigenvalue weighted by Crippen LogP contribution is 2.20. The van der Waals surface area contributed by atoms with Crippen molar-refractivity contribution in [1.29, 1.82) is 0 Å². The lowest BCUT2D eigenvalue weighted by molar-refractivity contribution is 0.138. The van der Waals surface area contributed by atoms with E-state index in [9.17, 15) is 4.39 Å². The summed E-state index contributed by atoms with van der Waals surface area (Å²) in [6, 6.07) is 5.78. The zero-order valence-corrected chi connectivity index (χ0v) is 11.2. The standard InChI is InChI=1S/C14H22FN3/c1-17-8-6-12(7-9-17)18(2)10-11-4-3-5-13(16)14(11)15/h3-5,12H,6-10,16H2,1-2H3. The summed E-state index contributed by atoms with van der Waals surface area (Å²) in [5.74, 6) is -0.266. The van der Waals surface area contributed by atoms with E-state index in [0.717, 1.165) is 25.9 Å². The van der Waals surface area contributed by atoms with Crippen LogP contribution in [0.25, 0.3) is 0 Å². The van der Waals surface area contributed by atoms with Crippen molar-refractivity contribution in [3.8, 4) is 0 Å². The van der Waals surface area contributed by atoms with Gasteiger partial charge in [-0.3, -0.25) is 4.90 Å². The molecule has 0 unspecified atom stereocenters. The third-order valence-electron chi connectivity index (χ3n) is 3.84. The molecule has 0 bridgehead atoms. The number of likely N-dealkylation sites (tertiary alicyclic amines) is 1. The first-order valence-electron chi connectivity index (χ1n) is 6.49. The Balaban J connectivity index is 1.98. The first-order chi connectivity index (χ1) is 8.58. The molecule has 0 saturated carbocycles. The van der Waals surface area contributed by atoms with Gasteiger partial charge >= 0.3 is 0 Å². The van der Waals surface area contributed by atoms with Crippen LogP contribution in [0.15, 0.2) is 18.2 Å². The Bertz CT molecular complexity index is 400. The average molecular weight is 251 g/mol. The molecule has 0 aliphatic carbocycles. The summed E-state index contributed by atoms with van der Waals surface area (Å²) in [6.45, 7) is 2.87. The summed E-state index contributed by atoms with van der Waals surface area (Å²) in [5.41, 5.74) is 6.52. The van der Waals surface area contributed by atoms with Gasteiger partial charge in [0.1, 0.15) is 0 Å². The highest BCUT2D eigenvalue weighted by atomic mass is 19.1. The largest absolute Gasteiger partial charge is 0.396 e. The fourth-order valence-corrected chi connectivity index (χ4v) is 2.56. The molecule has 0 aromatic heterocycles. The van der Waals surface area contributed by atoms with Crippen molar-refractivity contribution < 1.29 is 4.39 Å². The Labute approximate surface area is 108 Å². The van der Waals surface area contributed by atoms with Gasteiger partial charge in [-0.15, -0.1) is 0 Å². The smallest absolute Gasteiger partial charge is 0.150 e. The molecule has 4 heteroatoms. The van der Waals surface area contributed by atoms with Crippen molar-refractivity contribution in [2.75, 3.05) is 32.9 Å². The highest BCUT2D eigenvalue weighted by molar-refractivity contribution is 5.42. The summed E-state index contributed by atoms with van der Waals surface area (Å²) in [4.78, 5) is 4.58. The summed E-state index contributed by atoms with van der Waals surface area (Å²) in [5, 5.41) is 0. The number of hydrogen-bond donors (Lipinski definition) is 1. The molecule has 1 heterocycles. The van der Waals surface area contributed by atoms with Gasteiger partial charge in [-0.2, -0.15) is 0 Å². The molecule has 0 atom stereocenters. The Morgan fingerprint density at radius 1 is 1.39 bits per heavy atom. The maximum absolute atomic E-state index is 13.8. The molecule has 1 saturated heterocycles. The number of nitrogens with two attached hydrogens (primary N) is 1. The predicted octanol–water partition coefficient (Wildman–Crippen LogP) is 1.93. The van der Waals surface area contributed by atoms with Gasteiger partial charge in [-0.1, -0.05) is 12.1 Å². The van der Waals surface area contributed by atoms with E-state index >= 15 is 0 Å². The summed E-state index contributed by atoms with van der Waals surface area (Å²) >= 11 is 0. The van der Waals surface area contributed by atoms with Crippen LogP contribution in [-0.2, 0) is 6.54 Å². The number of rotatable bonds is 3. The average Bonchev–Trinajstić information content (AvgIpc) is 2.36. The van der Waals surface area contributed by atoms with E-state index in [-0.39, 0.29) is 11.5 Å². The van der Waals surface area contributed by atoms with Gasteiger partial charge in [0.05, 0.1) is 5.69 Å². The van der Waals surface area contributed by atoms with Crippen LogP contribution in [0.1, 0.15) is 18.4 Å². The lowest BCUT2D eigenvalue weighted by Crippen LogP contribution is -2.41. The minimum atomic E-state index is -0.266. The van der Waals surface area contributed by atoms with Crippen LogP contribution in [0.4, 0.5) is 10.1 Å². The van der Waals surface area contributed by atoms with Crippen molar-refractivity contribution in [2.45, 2.75) is 25.4 Å². The third kappa shape index (κ3) is 3.00. The molecule has 1 aromatic carbocycles. The molecule has 2 rings (SSSR count). The highest BCUT2D eigenvalue weighted by Gasteiger charge is 2.21. The summed E-state index contributed by atoms with van der Waals surface area (Å²) in [6.07, 6.45) is 2.30. The Morgan fingerprint density at radius 3 is 2.72 bits per heavy atom. The van der Waals surface area contributed by atoms with Crippen LogP contribution in [0.2, 0.25) is 0 Å². The fourth-order valence-electron chi connectivity index (χ4n) is 2.56. The fraction of sp³-hybridized carbons (Fsp3) is 0.571. The Hall–Kier alpha value is -1.13. The van der Waals surface area contributed by atoms with Crippen LogP contribution < -0.4 is 5.73 Å². The number of benzene rings is 1. The van der Waals surface area contributed by atoms with Gasteiger partial charge in [0.2, 0.25) is 0 Å². The SMILES string of the molecule is CN1CCC(N(C)Cc2cccc(N)c2F)CC1. The van der Waals surface area contributed by atoms with Gasteiger partial charge < -0.3 is 10.6 Å². The molecule has 0 spiro atoms. The molecule has 3 nitrogen and oxygen atoms in total. The quantitative estimate of drug-likeness (QED) is 0.833. The molecule has 1 aliphatic rings. The molecule has 0 amide bonds. The van der Waals surface area contributed by atoms with E-state index in [1.54, 1.807) is 6.07 Å². The first kappa shape index (κ1) is 13.3. The van der Waals surface area contributed by atoms with E-state index in [1.807, 2.05) is 12.1 Å². The molecule has 0 radical (unpaired) electrons. The van der Waals surface area contributed by atoms with Crippen molar-refractivity contribution in [3.63, 3.8) is 0 Å². The molecule has 1 aromatic rings. The molecule has 100 valence electrons. The van der Waals surface area contributed by atoms with Crippen molar-refractivity contribution in [1.82, 2.24) is 9.80 Å². The number of hydrogen-bond acceptors (Lipinski definition) is 3. The topological polar surface area (TPSA) is 32.5 Å². The van der Waals surface area contributed by atoms with E-state index in [0.29, 0.717) is 18.2 Å². The van der Waals surface area contributed by atoms with Crippen LogP contribution in [0.3, 0.4) is 0 Å². The first-order valence-corrected chi connectivity index (χ1v) is 6.49. The number of nitrogens with zero attached hydrogens (tertiary/aromatic N) is 2. The van der Waals surface area contributed by atoms with E-state index in [1.165, 1.54) is 0 Å². The van der Waals surface area contributed by atoms with E-state index in [2.05, 4.69) is 23.9 Å². The minimum absolute atomic E-state index is 0.240. The third-order valence-corrected chi connectivity index (χ3v) is 3.84. The Morgan fingerprint density at radius 2 is 2.06 bits per heavy atom. The lowest BCUT2D eigenvalue weighted by atomic mass is 10.0.